The van der Waals surface area contributed by atoms with Crippen molar-refractivity contribution in [3.05, 3.63) is 47.3 Å². The van der Waals surface area contributed by atoms with E-state index in [2.05, 4.69) is 15.6 Å². The van der Waals surface area contributed by atoms with Crippen molar-refractivity contribution in [2.45, 2.75) is 6.92 Å². The first-order valence-corrected chi connectivity index (χ1v) is 5.94. The van der Waals surface area contributed by atoms with Crippen LogP contribution in [0.2, 0.25) is 0 Å². The topological polar surface area (TPSA) is 37.0 Å². The molecule has 0 saturated heterocycles. The van der Waals surface area contributed by atoms with Gasteiger partial charge < -0.3 is 10.6 Å². The lowest BCUT2D eigenvalue weighted by Gasteiger charge is -2.11. The molecule has 2 rings (SSSR count). The average Bonchev–Trinajstić information content (AvgIpc) is 2.44. The van der Waals surface area contributed by atoms with E-state index in [-0.39, 0.29) is 5.82 Å². The fourth-order valence-electron chi connectivity index (χ4n) is 1.60. The van der Waals surface area contributed by atoms with Crippen molar-refractivity contribution in [2.24, 2.45) is 0 Å². The highest BCUT2D eigenvalue weighted by Crippen LogP contribution is 2.26. The van der Waals surface area contributed by atoms with Gasteiger partial charge in [0.2, 0.25) is 0 Å². The van der Waals surface area contributed by atoms with Crippen molar-refractivity contribution in [1.29, 1.82) is 0 Å². The molecule has 0 radical (unpaired) electrons. The van der Waals surface area contributed by atoms with Crippen molar-refractivity contribution < 1.29 is 22.0 Å². The minimum Gasteiger partial charge on any atom is -0.368 e. The fourth-order valence-corrected chi connectivity index (χ4v) is 1.60. The zero-order valence-corrected chi connectivity index (χ0v) is 10.8. The summed E-state index contributed by atoms with van der Waals surface area (Å²) in [5.41, 5.74) is -0.519. The van der Waals surface area contributed by atoms with Crippen molar-refractivity contribution >= 4 is 17.3 Å². The molecule has 3 nitrogen and oxygen atoms in total. The number of hydrogen-bond acceptors (Lipinski definition) is 3. The standard InChI is InChI=1S/C13H10F5N3/c1-2-19-12-7(15)5-8(16)13(21-12)20-9-4-3-6(14)10(17)11(9)18/h3-5H,2H2,1H3,(H2,19,20,21). The molecule has 1 aromatic carbocycles. The van der Waals surface area contributed by atoms with Gasteiger partial charge in [0.1, 0.15) is 0 Å². The highest BCUT2D eigenvalue weighted by Gasteiger charge is 2.17. The molecule has 1 heterocycles. The maximum atomic E-state index is 13.6. The number of hydrogen-bond donors (Lipinski definition) is 2. The summed E-state index contributed by atoms with van der Waals surface area (Å²) in [6.07, 6.45) is 0. The van der Waals surface area contributed by atoms with Crippen LogP contribution in [0.15, 0.2) is 18.2 Å². The molecule has 2 N–H and O–H groups in total. The maximum Gasteiger partial charge on any atom is 0.196 e. The Hall–Kier alpha value is -2.38. The van der Waals surface area contributed by atoms with Crippen LogP contribution in [0.3, 0.4) is 0 Å². The Bertz CT molecular complexity index is 675. The second kappa shape index (κ2) is 5.94. The van der Waals surface area contributed by atoms with Crippen LogP contribution in [0, 0.1) is 29.1 Å². The van der Waals surface area contributed by atoms with E-state index in [9.17, 15) is 22.0 Å². The largest absolute Gasteiger partial charge is 0.368 e. The molecule has 21 heavy (non-hydrogen) atoms. The zero-order chi connectivity index (χ0) is 15.6. The summed E-state index contributed by atoms with van der Waals surface area (Å²) >= 11 is 0. The van der Waals surface area contributed by atoms with Crippen LogP contribution in [0.4, 0.5) is 39.3 Å². The first-order valence-electron chi connectivity index (χ1n) is 5.94. The van der Waals surface area contributed by atoms with Crippen LogP contribution in [-0.2, 0) is 0 Å². The number of aromatic nitrogens is 1. The van der Waals surface area contributed by atoms with Gasteiger partial charge in [-0.1, -0.05) is 0 Å². The summed E-state index contributed by atoms with van der Waals surface area (Å²) in [6, 6.07) is 2.10. The van der Waals surface area contributed by atoms with E-state index >= 15 is 0 Å². The highest BCUT2D eigenvalue weighted by atomic mass is 19.2. The highest BCUT2D eigenvalue weighted by molar-refractivity contribution is 5.59. The van der Waals surface area contributed by atoms with Crippen LogP contribution in [0.1, 0.15) is 6.92 Å². The SMILES string of the molecule is CCNc1nc(Nc2ccc(F)c(F)c2F)c(F)cc1F. The fraction of sp³-hybridized carbons (Fsp3) is 0.154. The minimum absolute atomic E-state index is 0.246. The molecule has 0 fully saturated rings. The molecule has 8 heteroatoms. The molecule has 0 aliphatic heterocycles. The molecule has 0 saturated carbocycles. The van der Waals surface area contributed by atoms with E-state index in [1.54, 1.807) is 6.92 Å². The van der Waals surface area contributed by atoms with Crippen LogP contribution >= 0.6 is 0 Å². The van der Waals surface area contributed by atoms with Gasteiger partial charge in [0.05, 0.1) is 5.69 Å². The van der Waals surface area contributed by atoms with Gasteiger partial charge in [-0.2, -0.15) is 0 Å². The third kappa shape index (κ3) is 3.04. The number of anilines is 3. The quantitative estimate of drug-likeness (QED) is 0.663. The van der Waals surface area contributed by atoms with Crippen molar-refractivity contribution in [2.75, 3.05) is 17.2 Å². The van der Waals surface area contributed by atoms with Gasteiger partial charge >= 0.3 is 0 Å². The van der Waals surface area contributed by atoms with Gasteiger partial charge in [-0.15, -0.1) is 0 Å². The van der Waals surface area contributed by atoms with Crippen molar-refractivity contribution in [3.63, 3.8) is 0 Å². The molecule has 0 bridgehead atoms. The predicted octanol–water partition coefficient (Wildman–Crippen LogP) is 3.95. The van der Waals surface area contributed by atoms with Gasteiger partial charge in [-0.05, 0) is 19.1 Å². The summed E-state index contributed by atoms with van der Waals surface area (Å²) in [6.45, 7) is 2.00. The van der Waals surface area contributed by atoms with Gasteiger partial charge in [0, 0.05) is 12.6 Å². The van der Waals surface area contributed by atoms with Crippen molar-refractivity contribution in [3.8, 4) is 0 Å². The molecule has 112 valence electrons. The second-order valence-corrected chi connectivity index (χ2v) is 4.03. The predicted molar refractivity (Wildman–Crippen MR) is 67.9 cm³/mol. The summed E-state index contributed by atoms with van der Waals surface area (Å²) in [5, 5.41) is 4.70. The van der Waals surface area contributed by atoms with Crippen molar-refractivity contribution in [1.82, 2.24) is 4.98 Å². The Morgan fingerprint density at radius 2 is 1.57 bits per heavy atom. The molecule has 0 aliphatic carbocycles. The average molecular weight is 303 g/mol. The molecule has 0 unspecified atom stereocenters. The maximum absolute atomic E-state index is 13.6. The first-order chi connectivity index (χ1) is 9.93. The van der Waals surface area contributed by atoms with E-state index in [0.717, 1.165) is 6.07 Å². The summed E-state index contributed by atoms with van der Waals surface area (Å²) in [4.78, 5) is 3.59. The molecule has 2 aromatic rings. The van der Waals surface area contributed by atoms with E-state index in [1.165, 1.54) is 0 Å². The monoisotopic (exact) mass is 303 g/mol. The number of rotatable bonds is 4. The van der Waals surface area contributed by atoms with E-state index in [0.29, 0.717) is 18.7 Å². The van der Waals surface area contributed by atoms with Gasteiger partial charge in [0.25, 0.3) is 0 Å². The summed E-state index contributed by atoms with van der Waals surface area (Å²) < 4.78 is 66.3. The molecule has 0 aliphatic rings. The van der Waals surface area contributed by atoms with Crippen LogP contribution in [0.5, 0.6) is 0 Å². The third-order valence-electron chi connectivity index (χ3n) is 2.56. The Labute approximate surface area is 116 Å². The zero-order valence-electron chi connectivity index (χ0n) is 10.8. The third-order valence-corrected chi connectivity index (χ3v) is 2.56. The van der Waals surface area contributed by atoms with Crippen LogP contribution in [-0.4, -0.2) is 11.5 Å². The Morgan fingerprint density at radius 3 is 2.24 bits per heavy atom. The molecular weight excluding hydrogens is 293 g/mol. The van der Waals surface area contributed by atoms with Crippen LogP contribution in [0.25, 0.3) is 0 Å². The van der Waals surface area contributed by atoms with Gasteiger partial charge in [0.15, 0.2) is 40.7 Å². The normalized spacial score (nSPS) is 10.6. The Morgan fingerprint density at radius 1 is 0.905 bits per heavy atom. The summed E-state index contributed by atoms with van der Waals surface area (Å²) in [7, 11) is 0. The number of halogens is 5. The molecule has 0 atom stereocenters. The number of pyridine rings is 1. The van der Waals surface area contributed by atoms with Crippen LogP contribution < -0.4 is 10.6 Å². The first kappa shape index (κ1) is 15.0. The molecule has 0 amide bonds. The van der Waals surface area contributed by atoms with E-state index in [1.807, 2.05) is 0 Å². The summed E-state index contributed by atoms with van der Waals surface area (Å²) in [5.74, 6) is -7.38. The lowest BCUT2D eigenvalue weighted by atomic mass is 10.2. The van der Waals surface area contributed by atoms with E-state index in [4.69, 9.17) is 0 Å². The Balaban J connectivity index is 2.40. The Kier molecular flexibility index (Phi) is 4.25. The smallest absolute Gasteiger partial charge is 0.196 e. The molecule has 0 spiro atoms. The lowest BCUT2D eigenvalue weighted by molar-refractivity contribution is 0.449. The van der Waals surface area contributed by atoms with Gasteiger partial charge in [-0.3, -0.25) is 0 Å². The van der Waals surface area contributed by atoms with Gasteiger partial charge in [-0.25, -0.2) is 26.9 Å². The molecular formula is C13H10F5N3. The number of nitrogens with one attached hydrogen (secondary N) is 2. The number of nitrogens with zero attached hydrogens (tertiary/aromatic N) is 1. The van der Waals surface area contributed by atoms with E-state index < -0.39 is 40.6 Å². The number of benzene rings is 1. The second-order valence-electron chi connectivity index (χ2n) is 4.03. The molecule has 1 aromatic heterocycles. The minimum atomic E-state index is -1.70. The lowest BCUT2D eigenvalue weighted by Crippen LogP contribution is -2.07.